The summed E-state index contributed by atoms with van der Waals surface area (Å²) < 4.78 is 7.82. The van der Waals surface area contributed by atoms with E-state index in [-0.39, 0.29) is 5.97 Å². The third-order valence-electron chi connectivity index (χ3n) is 2.86. The third kappa shape index (κ3) is 3.82. The van der Waals surface area contributed by atoms with Crippen molar-refractivity contribution in [1.29, 1.82) is 0 Å². The van der Waals surface area contributed by atoms with E-state index < -0.39 is 0 Å². The quantitative estimate of drug-likeness (QED) is 0.437. The largest absolute Gasteiger partial charge is 0.461 e. The molecule has 0 saturated heterocycles. The van der Waals surface area contributed by atoms with Gasteiger partial charge in [0.05, 0.1) is 13.2 Å². The highest BCUT2D eigenvalue weighted by Crippen LogP contribution is 2.12. The lowest BCUT2D eigenvalue weighted by molar-refractivity contribution is 0.0517. The van der Waals surface area contributed by atoms with E-state index in [0.717, 1.165) is 22.0 Å². The SMILES string of the molecule is CCOC(=O)c1nn(Cc2ccccc2)cc1CCI. The fourth-order valence-electron chi connectivity index (χ4n) is 1.97. The number of nitrogens with zero attached hydrogens (tertiary/aromatic N) is 2. The Kier molecular flexibility index (Phi) is 5.58. The summed E-state index contributed by atoms with van der Waals surface area (Å²) >= 11 is 2.30. The number of carbonyl (C=O) groups excluding carboxylic acids is 1. The van der Waals surface area contributed by atoms with Gasteiger partial charge in [0.25, 0.3) is 0 Å². The topological polar surface area (TPSA) is 44.1 Å². The first-order valence-electron chi connectivity index (χ1n) is 6.58. The Hall–Kier alpha value is -1.37. The van der Waals surface area contributed by atoms with Crippen molar-refractivity contribution < 1.29 is 9.53 Å². The van der Waals surface area contributed by atoms with Crippen molar-refractivity contribution in [2.75, 3.05) is 11.0 Å². The zero-order valence-corrected chi connectivity index (χ0v) is 13.5. The summed E-state index contributed by atoms with van der Waals surface area (Å²) in [5, 5.41) is 4.38. The summed E-state index contributed by atoms with van der Waals surface area (Å²) in [4.78, 5) is 11.9. The van der Waals surface area contributed by atoms with Crippen LogP contribution in [0.1, 0.15) is 28.5 Å². The summed E-state index contributed by atoms with van der Waals surface area (Å²) in [6, 6.07) is 10.1. The molecule has 0 bridgehead atoms. The predicted octanol–water partition coefficient (Wildman–Crippen LogP) is 3.09. The van der Waals surface area contributed by atoms with E-state index in [9.17, 15) is 4.79 Å². The minimum Gasteiger partial charge on any atom is -0.461 e. The standard InChI is InChI=1S/C15H17IN2O2/c1-2-20-15(19)14-13(8-9-16)11-18(17-14)10-12-6-4-3-5-7-12/h3-7,11H,2,8-10H2,1H3. The molecule has 5 heteroatoms. The van der Waals surface area contributed by atoms with Crippen molar-refractivity contribution in [3.63, 3.8) is 0 Å². The van der Waals surface area contributed by atoms with Gasteiger partial charge in [0.1, 0.15) is 0 Å². The van der Waals surface area contributed by atoms with Gasteiger partial charge in [0.15, 0.2) is 5.69 Å². The van der Waals surface area contributed by atoms with Crippen molar-refractivity contribution in [2.24, 2.45) is 0 Å². The number of benzene rings is 1. The molecule has 0 radical (unpaired) electrons. The molecule has 4 nitrogen and oxygen atoms in total. The first-order chi connectivity index (χ1) is 9.74. The molecule has 0 N–H and O–H groups in total. The number of aromatic nitrogens is 2. The van der Waals surface area contributed by atoms with Crippen LogP contribution >= 0.6 is 22.6 Å². The Morgan fingerprint density at radius 2 is 2.10 bits per heavy atom. The van der Waals surface area contributed by atoms with E-state index in [4.69, 9.17) is 4.74 Å². The smallest absolute Gasteiger partial charge is 0.359 e. The summed E-state index contributed by atoms with van der Waals surface area (Å²) in [5.74, 6) is -0.334. The molecule has 0 amide bonds. The molecule has 0 atom stereocenters. The minimum absolute atomic E-state index is 0.334. The number of halogens is 1. The molecule has 0 spiro atoms. The highest BCUT2D eigenvalue weighted by atomic mass is 127. The normalized spacial score (nSPS) is 10.5. The predicted molar refractivity (Wildman–Crippen MR) is 86.3 cm³/mol. The molecule has 20 heavy (non-hydrogen) atoms. The van der Waals surface area contributed by atoms with Crippen LogP contribution in [0.4, 0.5) is 0 Å². The second kappa shape index (κ2) is 7.42. The number of rotatable bonds is 6. The lowest BCUT2D eigenvalue weighted by Crippen LogP contribution is -2.09. The Morgan fingerprint density at radius 1 is 1.35 bits per heavy atom. The van der Waals surface area contributed by atoms with Crippen LogP contribution in [0, 0.1) is 0 Å². The van der Waals surface area contributed by atoms with Crippen LogP contribution in [-0.4, -0.2) is 26.8 Å². The molecule has 1 aromatic heterocycles. The van der Waals surface area contributed by atoms with E-state index in [2.05, 4.69) is 27.7 Å². The molecule has 106 valence electrons. The summed E-state index contributed by atoms with van der Waals surface area (Å²) in [7, 11) is 0. The zero-order chi connectivity index (χ0) is 14.4. The average Bonchev–Trinajstić information content (AvgIpc) is 2.83. The Bertz CT molecular complexity index is 567. The van der Waals surface area contributed by atoms with Crippen molar-refractivity contribution >= 4 is 28.6 Å². The van der Waals surface area contributed by atoms with E-state index >= 15 is 0 Å². The van der Waals surface area contributed by atoms with Gasteiger partial charge in [-0.1, -0.05) is 52.9 Å². The number of hydrogen-bond acceptors (Lipinski definition) is 3. The molecule has 2 rings (SSSR count). The van der Waals surface area contributed by atoms with Crippen LogP contribution in [0.3, 0.4) is 0 Å². The van der Waals surface area contributed by atoms with Crippen LogP contribution in [0.2, 0.25) is 0 Å². The van der Waals surface area contributed by atoms with Crippen LogP contribution in [-0.2, 0) is 17.7 Å². The third-order valence-corrected chi connectivity index (χ3v) is 3.40. The molecule has 0 unspecified atom stereocenters. The molecule has 1 heterocycles. The first kappa shape index (κ1) is 15.0. The number of ether oxygens (including phenoxy) is 1. The van der Waals surface area contributed by atoms with Gasteiger partial charge in [-0.15, -0.1) is 0 Å². The van der Waals surface area contributed by atoms with Crippen LogP contribution in [0.5, 0.6) is 0 Å². The molecule has 0 aliphatic heterocycles. The maximum Gasteiger partial charge on any atom is 0.359 e. The molecule has 0 aliphatic carbocycles. The minimum atomic E-state index is -0.334. The molecule has 0 saturated carbocycles. The Labute approximate surface area is 132 Å². The molecule has 1 aromatic carbocycles. The highest BCUT2D eigenvalue weighted by Gasteiger charge is 2.17. The first-order valence-corrected chi connectivity index (χ1v) is 8.10. The van der Waals surface area contributed by atoms with E-state index in [1.54, 1.807) is 6.92 Å². The van der Waals surface area contributed by atoms with Crippen LogP contribution < -0.4 is 0 Å². The Balaban J connectivity index is 2.22. The second-order valence-electron chi connectivity index (χ2n) is 4.35. The van der Waals surface area contributed by atoms with E-state index in [1.807, 2.05) is 41.2 Å². The molecule has 0 aliphatic rings. The molecular weight excluding hydrogens is 367 g/mol. The molecular formula is C15H17IN2O2. The van der Waals surface area contributed by atoms with E-state index in [1.165, 1.54) is 0 Å². The summed E-state index contributed by atoms with van der Waals surface area (Å²) in [5.41, 5.74) is 2.56. The summed E-state index contributed by atoms with van der Waals surface area (Å²) in [6.07, 6.45) is 2.77. The number of esters is 1. The monoisotopic (exact) mass is 384 g/mol. The van der Waals surface area contributed by atoms with Gasteiger partial charge in [-0.3, -0.25) is 4.68 Å². The zero-order valence-electron chi connectivity index (χ0n) is 11.4. The van der Waals surface area contributed by atoms with Crippen molar-refractivity contribution in [3.8, 4) is 0 Å². The lowest BCUT2D eigenvalue weighted by atomic mass is 10.2. The second-order valence-corrected chi connectivity index (χ2v) is 5.42. The van der Waals surface area contributed by atoms with Gasteiger partial charge in [-0.25, -0.2) is 4.79 Å². The van der Waals surface area contributed by atoms with Gasteiger partial charge >= 0.3 is 5.97 Å². The van der Waals surface area contributed by atoms with Crippen LogP contribution in [0.25, 0.3) is 0 Å². The van der Waals surface area contributed by atoms with Gasteiger partial charge in [-0.05, 0) is 18.9 Å². The summed E-state index contributed by atoms with van der Waals surface area (Å²) in [6.45, 7) is 2.83. The van der Waals surface area contributed by atoms with E-state index in [0.29, 0.717) is 18.8 Å². The van der Waals surface area contributed by atoms with Crippen LogP contribution in [0.15, 0.2) is 36.5 Å². The number of alkyl halides is 1. The Morgan fingerprint density at radius 3 is 2.75 bits per heavy atom. The van der Waals surface area contributed by atoms with Gasteiger partial charge < -0.3 is 4.74 Å². The van der Waals surface area contributed by atoms with Gasteiger partial charge in [0.2, 0.25) is 0 Å². The number of carbonyl (C=O) groups is 1. The maximum atomic E-state index is 11.9. The molecule has 2 aromatic rings. The number of aryl methyl sites for hydroxylation is 1. The maximum absolute atomic E-state index is 11.9. The fourth-order valence-corrected chi connectivity index (χ4v) is 2.55. The van der Waals surface area contributed by atoms with Crippen molar-refractivity contribution in [3.05, 3.63) is 53.3 Å². The highest BCUT2D eigenvalue weighted by molar-refractivity contribution is 14.1. The van der Waals surface area contributed by atoms with Crippen molar-refractivity contribution in [1.82, 2.24) is 9.78 Å². The van der Waals surface area contributed by atoms with Gasteiger partial charge in [0, 0.05) is 16.2 Å². The number of hydrogen-bond donors (Lipinski definition) is 0. The molecule has 0 fully saturated rings. The fraction of sp³-hybridized carbons (Fsp3) is 0.333. The average molecular weight is 384 g/mol. The van der Waals surface area contributed by atoms with Crippen molar-refractivity contribution in [2.45, 2.75) is 19.9 Å². The van der Waals surface area contributed by atoms with Gasteiger partial charge in [-0.2, -0.15) is 5.10 Å². The lowest BCUT2D eigenvalue weighted by Gasteiger charge is -2.01.